The highest BCUT2D eigenvalue weighted by molar-refractivity contribution is 6.02. The van der Waals surface area contributed by atoms with E-state index in [-0.39, 0.29) is 5.57 Å². The Morgan fingerprint density at radius 2 is 2.09 bits per heavy atom. The fraction of sp³-hybridized carbons (Fsp3) is 0.500. The Hall–Kier alpha value is -2.08. The van der Waals surface area contributed by atoms with E-state index >= 15 is 0 Å². The fourth-order valence-electron chi connectivity index (χ4n) is 3.09. The third-order valence-corrected chi connectivity index (χ3v) is 4.60. The molecule has 0 saturated carbocycles. The van der Waals surface area contributed by atoms with E-state index in [4.69, 9.17) is 4.74 Å². The molecule has 2 rings (SSSR count). The van der Waals surface area contributed by atoms with Crippen molar-refractivity contribution in [3.63, 3.8) is 0 Å². The predicted octanol–water partition coefficient (Wildman–Crippen LogP) is 4.67. The summed E-state index contributed by atoms with van der Waals surface area (Å²) in [5.41, 5.74) is 3.26. The first-order chi connectivity index (χ1) is 11.2. The smallest absolute Gasteiger partial charge is 0.349 e. The molecule has 0 spiro atoms. The van der Waals surface area contributed by atoms with Gasteiger partial charge in [-0.3, -0.25) is 0 Å². The number of esters is 1. The van der Waals surface area contributed by atoms with Gasteiger partial charge in [-0.15, -0.1) is 0 Å². The summed E-state index contributed by atoms with van der Waals surface area (Å²) in [5.74, 6) is -0.0751. The van der Waals surface area contributed by atoms with Crippen molar-refractivity contribution in [3.05, 3.63) is 41.0 Å². The van der Waals surface area contributed by atoms with Gasteiger partial charge in [0, 0.05) is 0 Å². The van der Waals surface area contributed by atoms with E-state index in [1.165, 1.54) is 5.56 Å². The van der Waals surface area contributed by atoms with E-state index in [0.29, 0.717) is 12.5 Å². The maximum absolute atomic E-state index is 12.4. The molecule has 1 aliphatic rings. The Morgan fingerprint density at radius 3 is 2.78 bits per heavy atom. The van der Waals surface area contributed by atoms with E-state index in [2.05, 4.69) is 26.0 Å². The minimum Gasteiger partial charge on any atom is -0.461 e. The maximum Gasteiger partial charge on any atom is 0.349 e. The molecular weight excluding hydrogens is 286 g/mol. The first-order valence-corrected chi connectivity index (χ1v) is 8.59. The standard InChI is InChI=1S/C20H25NO2/c1-3-5-8-15(4-2)14-23-20(22)19(13-21)18-12-11-16-9-6-7-10-17(16)18/h6-7,9-10,15H,3-5,8,11-12,14H2,1-2H3/b19-18+. The Morgan fingerprint density at radius 1 is 1.30 bits per heavy atom. The van der Waals surface area contributed by atoms with Crippen LogP contribution in [0.1, 0.15) is 57.1 Å². The summed E-state index contributed by atoms with van der Waals surface area (Å²) in [6, 6.07) is 10.1. The van der Waals surface area contributed by atoms with E-state index in [1.54, 1.807) is 0 Å². The average molecular weight is 311 g/mol. The molecule has 0 heterocycles. The molecular formula is C20H25NO2. The van der Waals surface area contributed by atoms with Gasteiger partial charge in [-0.25, -0.2) is 4.79 Å². The number of fused-ring (bicyclic) bond motifs is 1. The van der Waals surface area contributed by atoms with Crippen molar-refractivity contribution in [3.8, 4) is 6.07 Å². The number of carbonyl (C=O) groups excluding carboxylic acids is 1. The molecule has 122 valence electrons. The van der Waals surface area contributed by atoms with Gasteiger partial charge in [0.15, 0.2) is 0 Å². The van der Waals surface area contributed by atoms with Crippen molar-refractivity contribution < 1.29 is 9.53 Å². The molecule has 1 atom stereocenters. The van der Waals surface area contributed by atoms with Crippen LogP contribution in [0.25, 0.3) is 5.57 Å². The van der Waals surface area contributed by atoms with Crippen LogP contribution in [-0.4, -0.2) is 12.6 Å². The molecule has 3 heteroatoms. The topological polar surface area (TPSA) is 50.1 Å². The minimum absolute atomic E-state index is 0.181. The van der Waals surface area contributed by atoms with Crippen LogP contribution < -0.4 is 0 Å². The first kappa shape index (κ1) is 17.3. The lowest BCUT2D eigenvalue weighted by Crippen LogP contribution is -2.15. The summed E-state index contributed by atoms with van der Waals surface area (Å²) in [6.45, 7) is 4.69. The summed E-state index contributed by atoms with van der Waals surface area (Å²) in [6.07, 6.45) is 5.99. The highest BCUT2D eigenvalue weighted by Gasteiger charge is 2.24. The van der Waals surface area contributed by atoms with Gasteiger partial charge < -0.3 is 4.74 Å². The molecule has 0 aromatic heterocycles. The molecule has 1 aromatic rings. The lowest BCUT2D eigenvalue weighted by atomic mass is 10.00. The molecule has 1 aliphatic carbocycles. The van der Waals surface area contributed by atoms with Gasteiger partial charge in [-0.1, -0.05) is 57.4 Å². The number of unbranched alkanes of at least 4 members (excludes halogenated alkanes) is 1. The summed E-state index contributed by atoms with van der Waals surface area (Å²) in [5, 5.41) is 9.44. The fourth-order valence-corrected chi connectivity index (χ4v) is 3.09. The summed E-state index contributed by atoms with van der Waals surface area (Å²) >= 11 is 0. The van der Waals surface area contributed by atoms with E-state index < -0.39 is 5.97 Å². The molecule has 23 heavy (non-hydrogen) atoms. The number of nitriles is 1. The Labute approximate surface area is 139 Å². The van der Waals surface area contributed by atoms with Gasteiger partial charge in [0.2, 0.25) is 0 Å². The zero-order valence-corrected chi connectivity index (χ0v) is 14.1. The van der Waals surface area contributed by atoms with Crippen molar-refractivity contribution in [2.45, 2.75) is 52.4 Å². The van der Waals surface area contributed by atoms with Crippen LogP contribution in [0, 0.1) is 17.2 Å². The molecule has 1 unspecified atom stereocenters. The second-order valence-corrected chi connectivity index (χ2v) is 6.14. The second kappa shape index (κ2) is 8.53. The number of benzene rings is 1. The quantitative estimate of drug-likeness (QED) is 0.418. The van der Waals surface area contributed by atoms with Crippen molar-refractivity contribution >= 4 is 11.5 Å². The van der Waals surface area contributed by atoms with Crippen LogP contribution in [0.3, 0.4) is 0 Å². The largest absolute Gasteiger partial charge is 0.461 e. The number of hydrogen-bond acceptors (Lipinski definition) is 3. The molecule has 1 aromatic carbocycles. The normalized spacial score (nSPS) is 16.4. The number of allylic oxidation sites excluding steroid dienone is 1. The third kappa shape index (κ3) is 4.22. The van der Waals surface area contributed by atoms with Crippen LogP contribution in [0.15, 0.2) is 29.8 Å². The van der Waals surface area contributed by atoms with Crippen LogP contribution >= 0.6 is 0 Å². The van der Waals surface area contributed by atoms with E-state index in [1.807, 2.05) is 18.2 Å². The monoisotopic (exact) mass is 311 g/mol. The van der Waals surface area contributed by atoms with Crippen LogP contribution in [-0.2, 0) is 16.0 Å². The predicted molar refractivity (Wildman–Crippen MR) is 91.6 cm³/mol. The van der Waals surface area contributed by atoms with Gasteiger partial charge in [0.1, 0.15) is 11.6 Å². The molecule has 0 radical (unpaired) electrons. The average Bonchev–Trinajstić information content (AvgIpc) is 3.00. The lowest BCUT2D eigenvalue weighted by Gasteiger charge is -2.15. The first-order valence-electron chi connectivity index (χ1n) is 8.59. The number of ether oxygens (including phenoxy) is 1. The second-order valence-electron chi connectivity index (χ2n) is 6.14. The number of carbonyl (C=O) groups is 1. The Bertz CT molecular complexity index is 625. The molecule has 0 N–H and O–H groups in total. The third-order valence-electron chi connectivity index (χ3n) is 4.60. The number of aryl methyl sites for hydroxylation is 1. The summed E-state index contributed by atoms with van der Waals surface area (Å²) in [7, 11) is 0. The van der Waals surface area contributed by atoms with E-state index in [0.717, 1.165) is 49.7 Å². The zero-order valence-electron chi connectivity index (χ0n) is 14.1. The summed E-state index contributed by atoms with van der Waals surface area (Å²) in [4.78, 5) is 12.4. The Balaban J connectivity index is 2.08. The van der Waals surface area contributed by atoms with Gasteiger partial charge in [-0.2, -0.15) is 5.26 Å². The zero-order chi connectivity index (χ0) is 16.7. The maximum atomic E-state index is 12.4. The SMILES string of the molecule is CCCCC(CC)COC(=O)/C(C#N)=C1\CCc2ccccc21. The number of rotatable bonds is 7. The lowest BCUT2D eigenvalue weighted by molar-refractivity contribution is -0.139. The minimum atomic E-state index is -0.464. The molecule has 0 fully saturated rings. The molecule has 0 amide bonds. The molecule has 0 aliphatic heterocycles. The Kier molecular flexibility index (Phi) is 6.40. The van der Waals surface area contributed by atoms with Crippen molar-refractivity contribution in [2.75, 3.05) is 6.61 Å². The molecule has 0 saturated heterocycles. The van der Waals surface area contributed by atoms with Crippen LogP contribution in [0.2, 0.25) is 0 Å². The number of hydrogen-bond donors (Lipinski definition) is 0. The van der Waals surface area contributed by atoms with Crippen molar-refractivity contribution in [1.29, 1.82) is 5.26 Å². The molecule has 3 nitrogen and oxygen atoms in total. The van der Waals surface area contributed by atoms with Crippen molar-refractivity contribution in [2.24, 2.45) is 5.92 Å². The molecule has 0 bridgehead atoms. The van der Waals surface area contributed by atoms with E-state index in [9.17, 15) is 10.1 Å². The highest BCUT2D eigenvalue weighted by Crippen LogP contribution is 2.34. The van der Waals surface area contributed by atoms with Gasteiger partial charge in [0.25, 0.3) is 0 Å². The van der Waals surface area contributed by atoms with Gasteiger partial charge in [0.05, 0.1) is 6.61 Å². The summed E-state index contributed by atoms with van der Waals surface area (Å²) < 4.78 is 5.45. The highest BCUT2D eigenvalue weighted by atomic mass is 16.5. The van der Waals surface area contributed by atoms with Crippen molar-refractivity contribution in [1.82, 2.24) is 0 Å². The van der Waals surface area contributed by atoms with Crippen LogP contribution in [0.5, 0.6) is 0 Å². The van der Waals surface area contributed by atoms with Gasteiger partial charge >= 0.3 is 5.97 Å². The van der Waals surface area contributed by atoms with Gasteiger partial charge in [-0.05, 0) is 41.9 Å². The van der Waals surface area contributed by atoms with Crippen LogP contribution in [0.4, 0.5) is 0 Å². The number of nitrogens with zero attached hydrogens (tertiary/aromatic N) is 1.